The summed E-state index contributed by atoms with van der Waals surface area (Å²) in [5.41, 5.74) is 1.34. The van der Waals surface area contributed by atoms with Crippen molar-refractivity contribution in [2.24, 2.45) is 0 Å². The van der Waals surface area contributed by atoms with Crippen LogP contribution in [-0.2, 0) is 0 Å². The van der Waals surface area contributed by atoms with Gasteiger partial charge >= 0.3 is 0 Å². The summed E-state index contributed by atoms with van der Waals surface area (Å²) in [6.45, 7) is 7.59. The molecule has 1 saturated heterocycles. The van der Waals surface area contributed by atoms with Gasteiger partial charge in [0.25, 0.3) is 0 Å². The Labute approximate surface area is 118 Å². The summed E-state index contributed by atoms with van der Waals surface area (Å²) in [4.78, 5) is 0. The zero-order valence-corrected chi connectivity index (χ0v) is 13.1. The van der Waals surface area contributed by atoms with Crippen LogP contribution in [0.4, 0.5) is 0 Å². The van der Waals surface area contributed by atoms with Crippen LogP contribution >= 0.6 is 23.5 Å². The van der Waals surface area contributed by atoms with E-state index in [-0.39, 0.29) is 0 Å². The van der Waals surface area contributed by atoms with E-state index in [0.29, 0.717) is 17.3 Å². The molecule has 2 atom stereocenters. The number of rotatable bonds is 5. The molecule has 1 fully saturated rings. The average Bonchev–Trinajstić information content (AvgIpc) is 2.86. The van der Waals surface area contributed by atoms with E-state index >= 15 is 0 Å². The van der Waals surface area contributed by atoms with Crippen molar-refractivity contribution in [3.05, 3.63) is 18.0 Å². The van der Waals surface area contributed by atoms with Crippen molar-refractivity contribution in [2.75, 3.05) is 23.8 Å². The van der Waals surface area contributed by atoms with Crippen LogP contribution in [0.5, 0.6) is 0 Å². The van der Waals surface area contributed by atoms with Gasteiger partial charge in [0, 0.05) is 34.7 Å². The van der Waals surface area contributed by atoms with Crippen LogP contribution in [0.25, 0.3) is 0 Å². The van der Waals surface area contributed by atoms with Gasteiger partial charge in [-0.2, -0.15) is 28.6 Å². The normalized spacial score (nSPS) is 22.3. The first kappa shape index (κ1) is 14.3. The number of aromatic nitrogens is 2. The molecule has 1 aromatic heterocycles. The molecule has 2 unspecified atom stereocenters. The zero-order valence-electron chi connectivity index (χ0n) is 11.4. The standard InChI is InChI=1S/C13H23N3S2/c1-4-14-13(12-9-17-7-8-18-12)11-5-6-15-16(11)10(2)3/h5-6,10,12-14H,4,7-9H2,1-3H3. The largest absolute Gasteiger partial charge is 0.308 e. The number of nitrogens with one attached hydrogen (secondary N) is 1. The highest BCUT2D eigenvalue weighted by atomic mass is 32.2. The van der Waals surface area contributed by atoms with Gasteiger partial charge < -0.3 is 5.32 Å². The second-order valence-corrected chi connectivity index (χ2v) is 7.31. The lowest BCUT2D eigenvalue weighted by Crippen LogP contribution is -2.35. The predicted octanol–water partition coefficient (Wildman–Crippen LogP) is 2.96. The minimum absolute atomic E-state index is 0.428. The summed E-state index contributed by atoms with van der Waals surface area (Å²) in [6.07, 6.45) is 1.93. The van der Waals surface area contributed by atoms with Crippen molar-refractivity contribution in [1.82, 2.24) is 15.1 Å². The molecular formula is C13H23N3S2. The van der Waals surface area contributed by atoms with Crippen molar-refractivity contribution in [1.29, 1.82) is 0 Å². The molecule has 5 heteroatoms. The summed E-state index contributed by atoms with van der Waals surface area (Å²) in [5.74, 6) is 3.81. The van der Waals surface area contributed by atoms with Crippen LogP contribution in [0, 0.1) is 0 Å². The fourth-order valence-electron chi connectivity index (χ4n) is 2.35. The molecule has 0 aliphatic carbocycles. The molecule has 0 radical (unpaired) electrons. The maximum atomic E-state index is 4.47. The molecule has 2 rings (SSSR count). The van der Waals surface area contributed by atoms with E-state index in [1.54, 1.807) is 0 Å². The maximum Gasteiger partial charge on any atom is 0.0620 e. The van der Waals surface area contributed by atoms with E-state index in [0.717, 1.165) is 6.54 Å². The molecule has 3 nitrogen and oxygen atoms in total. The van der Waals surface area contributed by atoms with Crippen LogP contribution < -0.4 is 5.32 Å². The number of hydrogen-bond acceptors (Lipinski definition) is 4. The third-order valence-electron chi connectivity index (χ3n) is 3.15. The van der Waals surface area contributed by atoms with Gasteiger partial charge in [0.1, 0.15) is 0 Å². The van der Waals surface area contributed by atoms with E-state index < -0.39 is 0 Å². The van der Waals surface area contributed by atoms with E-state index in [9.17, 15) is 0 Å². The fraction of sp³-hybridized carbons (Fsp3) is 0.769. The Hall–Kier alpha value is -0.130. The zero-order chi connectivity index (χ0) is 13.0. The lowest BCUT2D eigenvalue weighted by molar-refractivity contribution is 0.449. The highest BCUT2D eigenvalue weighted by Gasteiger charge is 2.28. The average molecular weight is 285 g/mol. The summed E-state index contributed by atoms with van der Waals surface area (Å²) in [5, 5.41) is 8.79. The summed E-state index contributed by atoms with van der Waals surface area (Å²) < 4.78 is 2.16. The van der Waals surface area contributed by atoms with Gasteiger partial charge in [0.15, 0.2) is 0 Å². The lowest BCUT2D eigenvalue weighted by atomic mass is 10.1. The summed E-state index contributed by atoms with van der Waals surface area (Å²) in [7, 11) is 0. The predicted molar refractivity (Wildman–Crippen MR) is 82.6 cm³/mol. The quantitative estimate of drug-likeness (QED) is 0.901. The van der Waals surface area contributed by atoms with Crippen LogP contribution in [0.2, 0.25) is 0 Å². The molecule has 0 saturated carbocycles. The fourth-order valence-corrected chi connectivity index (χ4v) is 5.20. The molecule has 0 bridgehead atoms. The van der Waals surface area contributed by atoms with Gasteiger partial charge in [-0.1, -0.05) is 6.92 Å². The third-order valence-corrected chi connectivity index (χ3v) is 6.01. The van der Waals surface area contributed by atoms with Gasteiger partial charge in [-0.05, 0) is 26.5 Å². The first-order valence-electron chi connectivity index (χ1n) is 6.70. The Morgan fingerprint density at radius 3 is 2.94 bits per heavy atom. The van der Waals surface area contributed by atoms with Crippen LogP contribution in [-0.4, -0.2) is 38.8 Å². The molecule has 2 heterocycles. The minimum Gasteiger partial charge on any atom is -0.308 e. The molecule has 1 N–H and O–H groups in total. The van der Waals surface area contributed by atoms with Gasteiger partial charge in [0.2, 0.25) is 0 Å². The monoisotopic (exact) mass is 285 g/mol. The van der Waals surface area contributed by atoms with Gasteiger partial charge in [0.05, 0.1) is 11.7 Å². The Bertz CT molecular complexity index is 359. The highest BCUT2D eigenvalue weighted by Crippen LogP contribution is 2.34. The SMILES string of the molecule is CCNC(c1ccnn1C(C)C)C1CSCCS1. The number of hydrogen-bond donors (Lipinski definition) is 1. The second kappa shape index (κ2) is 6.87. The van der Waals surface area contributed by atoms with E-state index in [4.69, 9.17) is 0 Å². The van der Waals surface area contributed by atoms with E-state index in [1.807, 2.05) is 6.20 Å². The summed E-state index contributed by atoms with van der Waals surface area (Å²) >= 11 is 4.18. The third kappa shape index (κ3) is 3.25. The highest BCUT2D eigenvalue weighted by molar-refractivity contribution is 8.06. The molecule has 0 amide bonds. The van der Waals surface area contributed by atoms with Crippen molar-refractivity contribution in [3.8, 4) is 0 Å². The Morgan fingerprint density at radius 1 is 1.50 bits per heavy atom. The van der Waals surface area contributed by atoms with Crippen LogP contribution in [0.1, 0.15) is 38.5 Å². The molecule has 0 spiro atoms. The van der Waals surface area contributed by atoms with Gasteiger partial charge in [-0.25, -0.2) is 0 Å². The van der Waals surface area contributed by atoms with Crippen LogP contribution in [0.3, 0.4) is 0 Å². The van der Waals surface area contributed by atoms with Crippen molar-refractivity contribution in [2.45, 2.75) is 38.1 Å². The molecule has 1 aliphatic rings. The minimum atomic E-state index is 0.428. The molecule has 0 aromatic carbocycles. The Morgan fingerprint density at radius 2 is 2.33 bits per heavy atom. The number of nitrogens with zero attached hydrogens (tertiary/aromatic N) is 2. The smallest absolute Gasteiger partial charge is 0.0620 e. The summed E-state index contributed by atoms with van der Waals surface area (Å²) in [6, 6.07) is 3.03. The van der Waals surface area contributed by atoms with E-state index in [2.05, 4.69) is 65.5 Å². The molecule has 1 aliphatic heterocycles. The molecule has 18 heavy (non-hydrogen) atoms. The Kier molecular flexibility index (Phi) is 5.45. The lowest BCUT2D eigenvalue weighted by Gasteiger charge is -2.31. The van der Waals surface area contributed by atoms with Crippen molar-refractivity contribution in [3.63, 3.8) is 0 Å². The number of thioether (sulfide) groups is 2. The Balaban J connectivity index is 2.19. The van der Waals surface area contributed by atoms with Crippen molar-refractivity contribution >= 4 is 23.5 Å². The molecular weight excluding hydrogens is 262 g/mol. The maximum absolute atomic E-state index is 4.47. The van der Waals surface area contributed by atoms with E-state index in [1.165, 1.54) is 23.0 Å². The first-order valence-corrected chi connectivity index (χ1v) is 8.90. The van der Waals surface area contributed by atoms with Crippen molar-refractivity contribution < 1.29 is 0 Å². The topological polar surface area (TPSA) is 29.9 Å². The second-order valence-electron chi connectivity index (χ2n) is 4.81. The molecule has 102 valence electrons. The molecule has 1 aromatic rings. The van der Waals surface area contributed by atoms with Gasteiger partial charge in [-0.15, -0.1) is 0 Å². The van der Waals surface area contributed by atoms with Gasteiger partial charge in [-0.3, -0.25) is 4.68 Å². The van der Waals surface area contributed by atoms with Crippen LogP contribution in [0.15, 0.2) is 12.3 Å². The first-order chi connectivity index (χ1) is 8.74.